The molecule has 0 spiro atoms. The molecular formula is C14H14ClNS. The number of benzene rings is 1. The van der Waals surface area contributed by atoms with Crippen molar-refractivity contribution in [3.05, 3.63) is 34.5 Å². The van der Waals surface area contributed by atoms with E-state index in [2.05, 4.69) is 24.9 Å². The molecule has 0 aliphatic carbocycles. The van der Waals surface area contributed by atoms with Crippen LogP contribution < -0.4 is 0 Å². The van der Waals surface area contributed by atoms with Crippen LogP contribution in [0.1, 0.15) is 24.6 Å². The number of rotatable bonds is 0. The van der Waals surface area contributed by atoms with Gasteiger partial charge in [-0.2, -0.15) is 0 Å². The van der Waals surface area contributed by atoms with Crippen LogP contribution in [0.25, 0.3) is 10.9 Å². The van der Waals surface area contributed by atoms with Gasteiger partial charge in [-0.05, 0) is 31.4 Å². The fourth-order valence-electron chi connectivity index (χ4n) is 2.41. The lowest BCUT2D eigenvalue weighted by atomic mass is 10.0. The Bertz CT molecular complexity index is 594. The largest absolute Gasteiger partial charge is 0.251 e. The second-order valence-electron chi connectivity index (χ2n) is 4.61. The molecule has 0 bridgehead atoms. The maximum atomic E-state index is 6.24. The summed E-state index contributed by atoms with van der Waals surface area (Å²) in [6.07, 6.45) is 2.39. The van der Waals surface area contributed by atoms with Gasteiger partial charge in [-0.15, -0.1) is 11.8 Å². The Morgan fingerprint density at radius 2 is 2.24 bits per heavy atom. The molecule has 3 heteroatoms. The van der Waals surface area contributed by atoms with Crippen LogP contribution in [0.5, 0.6) is 0 Å². The average molecular weight is 264 g/mol. The lowest BCUT2D eigenvalue weighted by molar-refractivity contribution is 0.773. The van der Waals surface area contributed by atoms with Gasteiger partial charge in [0.15, 0.2) is 0 Å². The number of para-hydroxylation sites is 1. The van der Waals surface area contributed by atoms with Crippen LogP contribution in [0.4, 0.5) is 0 Å². The SMILES string of the molecule is Cc1nc2c(Cl)cccc2c2c1CCC(C)S2. The van der Waals surface area contributed by atoms with Crippen LogP contribution in [0, 0.1) is 6.92 Å². The van der Waals surface area contributed by atoms with Crippen molar-refractivity contribution in [2.45, 2.75) is 36.8 Å². The van der Waals surface area contributed by atoms with E-state index >= 15 is 0 Å². The van der Waals surface area contributed by atoms with Crippen LogP contribution in [-0.4, -0.2) is 10.2 Å². The number of nitrogens with zero attached hydrogens (tertiary/aromatic N) is 1. The van der Waals surface area contributed by atoms with Crippen molar-refractivity contribution in [2.24, 2.45) is 0 Å². The van der Waals surface area contributed by atoms with E-state index in [1.807, 2.05) is 23.9 Å². The summed E-state index contributed by atoms with van der Waals surface area (Å²) < 4.78 is 0. The van der Waals surface area contributed by atoms with Crippen LogP contribution in [-0.2, 0) is 6.42 Å². The smallest absolute Gasteiger partial charge is 0.0902 e. The Balaban J connectivity index is 2.36. The molecule has 0 saturated heterocycles. The van der Waals surface area contributed by atoms with Crippen LogP contribution in [0.15, 0.2) is 23.1 Å². The van der Waals surface area contributed by atoms with Gasteiger partial charge in [0.05, 0.1) is 10.5 Å². The normalized spacial score (nSPS) is 19.4. The third-order valence-corrected chi connectivity index (χ3v) is 4.99. The number of pyridine rings is 1. The van der Waals surface area contributed by atoms with E-state index in [0.717, 1.165) is 22.7 Å². The summed E-state index contributed by atoms with van der Waals surface area (Å²) in [5.74, 6) is 0. The van der Waals surface area contributed by atoms with E-state index in [4.69, 9.17) is 11.6 Å². The van der Waals surface area contributed by atoms with Crippen molar-refractivity contribution in [2.75, 3.05) is 0 Å². The van der Waals surface area contributed by atoms with Crippen molar-refractivity contribution in [1.29, 1.82) is 0 Å². The maximum Gasteiger partial charge on any atom is 0.0902 e. The van der Waals surface area contributed by atoms with E-state index in [9.17, 15) is 0 Å². The molecule has 0 N–H and O–H groups in total. The van der Waals surface area contributed by atoms with Gasteiger partial charge in [-0.1, -0.05) is 30.7 Å². The molecule has 0 fully saturated rings. The van der Waals surface area contributed by atoms with Gasteiger partial charge in [0, 0.05) is 21.2 Å². The van der Waals surface area contributed by atoms with Crippen molar-refractivity contribution in [3.63, 3.8) is 0 Å². The molecule has 1 atom stereocenters. The number of hydrogen-bond donors (Lipinski definition) is 0. The number of thioether (sulfide) groups is 1. The molecule has 2 heterocycles. The summed E-state index contributed by atoms with van der Waals surface area (Å²) in [6, 6.07) is 6.07. The highest BCUT2D eigenvalue weighted by Gasteiger charge is 2.21. The summed E-state index contributed by atoms with van der Waals surface area (Å²) in [5, 5.41) is 2.66. The topological polar surface area (TPSA) is 12.9 Å². The predicted octanol–water partition coefficient (Wildman–Crippen LogP) is 4.62. The molecule has 2 aromatic rings. The molecule has 1 aliphatic rings. The minimum atomic E-state index is 0.687. The van der Waals surface area contributed by atoms with Crippen LogP contribution in [0.3, 0.4) is 0 Å². The van der Waals surface area contributed by atoms with E-state index in [1.165, 1.54) is 22.3 Å². The minimum Gasteiger partial charge on any atom is -0.251 e. The summed E-state index contributed by atoms with van der Waals surface area (Å²) in [7, 11) is 0. The van der Waals surface area contributed by atoms with Crippen molar-refractivity contribution >= 4 is 34.3 Å². The number of aromatic nitrogens is 1. The number of aryl methyl sites for hydroxylation is 1. The molecule has 1 nitrogen and oxygen atoms in total. The zero-order valence-electron chi connectivity index (χ0n) is 9.96. The molecule has 88 valence electrons. The van der Waals surface area contributed by atoms with Gasteiger partial charge in [-0.25, -0.2) is 0 Å². The first-order valence-electron chi connectivity index (χ1n) is 5.91. The van der Waals surface area contributed by atoms with E-state index in [0.29, 0.717) is 5.25 Å². The quantitative estimate of drug-likeness (QED) is 0.688. The highest BCUT2D eigenvalue weighted by atomic mass is 35.5. The molecule has 17 heavy (non-hydrogen) atoms. The van der Waals surface area contributed by atoms with Gasteiger partial charge in [0.1, 0.15) is 0 Å². The Kier molecular flexibility index (Phi) is 2.80. The number of halogens is 1. The van der Waals surface area contributed by atoms with Crippen LogP contribution >= 0.6 is 23.4 Å². The Morgan fingerprint density at radius 3 is 3.06 bits per heavy atom. The standard InChI is InChI=1S/C14H14ClNS/c1-8-6-7-10-9(2)16-13-11(14(10)17-8)4-3-5-12(13)15/h3-5,8H,6-7H2,1-2H3. The van der Waals surface area contributed by atoms with Gasteiger partial charge in [0.2, 0.25) is 0 Å². The van der Waals surface area contributed by atoms with Crippen LogP contribution in [0.2, 0.25) is 5.02 Å². The molecule has 1 unspecified atom stereocenters. The van der Waals surface area contributed by atoms with Gasteiger partial charge in [-0.3, -0.25) is 4.98 Å². The van der Waals surface area contributed by atoms with Crippen molar-refractivity contribution < 1.29 is 0 Å². The predicted molar refractivity (Wildman–Crippen MR) is 75.1 cm³/mol. The zero-order valence-corrected chi connectivity index (χ0v) is 11.5. The van der Waals surface area contributed by atoms with Crippen molar-refractivity contribution in [3.8, 4) is 0 Å². The highest BCUT2D eigenvalue weighted by Crippen LogP contribution is 2.41. The van der Waals surface area contributed by atoms with E-state index in [1.54, 1.807) is 0 Å². The highest BCUT2D eigenvalue weighted by molar-refractivity contribution is 8.00. The fraction of sp³-hybridized carbons (Fsp3) is 0.357. The third-order valence-electron chi connectivity index (χ3n) is 3.34. The molecule has 1 aliphatic heterocycles. The summed E-state index contributed by atoms with van der Waals surface area (Å²) in [4.78, 5) is 6.07. The Hall–Kier alpha value is -0.730. The first-order chi connectivity index (χ1) is 8.16. The lowest BCUT2D eigenvalue weighted by Crippen LogP contribution is -2.10. The monoisotopic (exact) mass is 263 g/mol. The van der Waals surface area contributed by atoms with Gasteiger partial charge >= 0.3 is 0 Å². The molecule has 1 aromatic heterocycles. The van der Waals surface area contributed by atoms with E-state index in [-0.39, 0.29) is 0 Å². The lowest BCUT2D eigenvalue weighted by Gasteiger charge is -2.23. The second kappa shape index (κ2) is 4.18. The first kappa shape index (κ1) is 11.4. The van der Waals surface area contributed by atoms with Gasteiger partial charge < -0.3 is 0 Å². The van der Waals surface area contributed by atoms with Crippen molar-refractivity contribution in [1.82, 2.24) is 4.98 Å². The van der Waals surface area contributed by atoms with Gasteiger partial charge in [0.25, 0.3) is 0 Å². The molecule has 0 radical (unpaired) electrons. The molecule has 0 saturated carbocycles. The number of hydrogen-bond acceptors (Lipinski definition) is 2. The number of fused-ring (bicyclic) bond motifs is 3. The summed E-state index contributed by atoms with van der Waals surface area (Å²) >= 11 is 8.20. The second-order valence-corrected chi connectivity index (χ2v) is 6.46. The average Bonchev–Trinajstić information content (AvgIpc) is 2.31. The molecular weight excluding hydrogens is 250 g/mol. The zero-order chi connectivity index (χ0) is 12.0. The Labute approximate surface area is 111 Å². The summed E-state index contributed by atoms with van der Waals surface area (Å²) in [6.45, 7) is 4.39. The maximum absolute atomic E-state index is 6.24. The fourth-order valence-corrected chi connectivity index (χ4v) is 3.95. The molecule has 3 rings (SSSR count). The minimum absolute atomic E-state index is 0.687. The molecule has 1 aromatic carbocycles. The third kappa shape index (κ3) is 1.84. The Morgan fingerprint density at radius 1 is 1.41 bits per heavy atom. The first-order valence-corrected chi connectivity index (χ1v) is 7.17. The van der Waals surface area contributed by atoms with E-state index < -0.39 is 0 Å². The summed E-state index contributed by atoms with van der Waals surface area (Å²) in [5.41, 5.74) is 3.51. The molecule has 0 amide bonds.